The molecule has 0 atom stereocenters. The quantitative estimate of drug-likeness (QED) is 0.217. The maximum absolute atomic E-state index is 8.00. The number of aryl methyl sites for hydroxylation is 1. The molecular formula is C38H65NO2. The summed E-state index contributed by atoms with van der Waals surface area (Å²) in [6, 6.07) is 15.0. The van der Waals surface area contributed by atoms with E-state index < -0.39 is 0 Å². The Morgan fingerprint density at radius 1 is 0.951 bits per heavy atom. The summed E-state index contributed by atoms with van der Waals surface area (Å²) in [6.45, 7) is 24.0. The van der Waals surface area contributed by atoms with Gasteiger partial charge in [-0.05, 0) is 85.9 Å². The summed E-state index contributed by atoms with van der Waals surface area (Å²) in [5.41, 5.74) is 7.58. The monoisotopic (exact) mass is 568 g/mol. The summed E-state index contributed by atoms with van der Waals surface area (Å²) >= 11 is 0. The van der Waals surface area contributed by atoms with Gasteiger partial charge in [0.25, 0.3) is 0 Å². The lowest BCUT2D eigenvalue weighted by atomic mass is 9.90. The lowest BCUT2D eigenvalue weighted by Gasteiger charge is -2.15. The van der Waals surface area contributed by atoms with E-state index in [0.717, 1.165) is 18.6 Å². The Balaban J connectivity index is -0.000000243. The smallest absolute Gasteiger partial charge is 0.106 e. The Morgan fingerprint density at radius 3 is 1.85 bits per heavy atom. The molecule has 0 bridgehead atoms. The molecule has 0 saturated carbocycles. The third-order valence-electron chi connectivity index (χ3n) is 6.00. The predicted molar refractivity (Wildman–Crippen MR) is 188 cm³/mol. The Kier molecular flexibility index (Phi) is 38.8. The van der Waals surface area contributed by atoms with Crippen molar-refractivity contribution in [2.75, 3.05) is 26.1 Å². The summed E-state index contributed by atoms with van der Waals surface area (Å²) < 4.78 is 4.78. The summed E-state index contributed by atoms with van der Waals surface area (Å²) in [4.78, 5) is 8.00. The van der Waals surface area contributed by atoms with Gasteiger partial charge >= 0.3 is 0 Å². The number of nitrogens with one attached hydrogen (secondary N) is 1. The standard InChI is InChI=1S/C15H20.C13H19N.C5H12O.2C2H6.CH2O/c1-4-7-14(8-5-2)15-11-9-13(6-3)10-12-15;1-5-6-10(2)12-8-7-11(3)13(9-12)14-4;1-3-4-5-6-2;3*1-2/h3,9-12,14H,4-5,7-8H2,1-2H3;6-9,14H,5H2,1-4H3;3-5H2,1-2H3;2*1-2H3;1H2. The first-order valence-corrected chi connectivity index (χ1v) is 15.7. The molecule has 1 N–H and O–H groups in total. The van der Waals surface area contributed by atoms with E-state index in [0.29, 0.717) is 5.92 Å². The molecule has 0 heterocycles. The molecule has 3 nitrogen and oxygen atoms in total. The number of allylic oxidation sites excluding steroid dienone is 2. The first-order chi connectivity index (χ1) is 19.9. The lowest BCUT2D eigenvalue weighted by molar-refractivity contribution is -0.0980. The normalized spacial score (nSPS) is 9.41. The van der Waals surface area contributed by atoms with Crippen molar-refractivity contribution in [3.05, 3.63) is 70.8 Å². The summed E-state index contributed by atoms with van der Waals surface area (Å²) in [6.07, 6.45) is 16.2. The molecule has 2 rings (SSSR count). The van der Waals surface area contributed by atoms with Gasteiger partial charge in [0.1, 0.15) is 6.79 Å². The number of methoxy groups -OCH3 is 1. The maximum Gasteiger partial charge on any atom is 0.106 e. The third-order valence-corrected chi connectivity index (χ3v) is 6.00. The fourth-order valence-electron chi connectivity index (χ4n) is 3.88. The van der Waals surface area contributed by atoms with Gasteiger partial charge in [-0.1, -0.05) is 111 Å². The van der Waals surface area contributed by atoms with Gasteiger partial charge in [-0.3, -0.25) is 0 Å². The number of hydrogen-bond donors (Lipinski definition) is 1. The van der Waals surface area contributed by atoms with Gasteiger partial charge in [0.05, 0.1) is 0 Å². The molecule has 0 fully saturated rings. The zero-order valence-electron chi connectivity index (χ0n) is 29.0. The minimum atomic E-state index is 0.715. The molecule has 234 valence electrons. The summed E-state index contributed by atoms with van der Waals surface area (Å²) in [5, 5.41) is 3.21. The van der Waals surface area contributed by atoms with Crippen LogP contribution < -0.4 is 5.32 Å². The molecule has 0 aliphatic rings. The fourth-order valence-corrected chi connectivity index (χ4v) is 3.88. The molecule has 0 aliphatic carbocycles. The summed E-state index contributed by atoms with van der Waals surface area (Å²) in [7, 11) is 3.70. The van der Waals surface area contributed by atoms with Crippen molar-refractivity contribution >= 4 is 18.0 Å². The molecule has 0 spiro atoms. The van der Waals surface area contributed by atoms with Crippen LogP contribution >= 0.6 is 0 Å². The fraction of sp³-hybridized carbons (Fsp3) is 0.553. The SMILES string of the molecule is C#Cc1ccc(C(CCC)CCC)cc1.C=O.CC.CC.CCC=C(C)c1ccc(C)c(NC)c1.CCCCOC. The molecule has 0 unspecified atom stereocenters. The van der Waals surface area contributed by atoms with Gasteiger partial charge in [0.2, 0.25) is 0 Å². The van der Waals surface area contributed by atoms with Gasteiger partial charge < -0.3 is 14.8 Å². The van der Waals surface area contributed by atoms with E-state index in [1.165, 1.54) is 66.5 Å². The predicted octanol–water partition coefficient (Wildman–Crippen LogP) is 11.5. The van der Waals surface area contributed by atoms with Gasteiger partial charge in [0.15, 0.2) is 0 Å². The van der Waals surface area contributed by atoms with Crippen LogP contribution in [0.2, 0.25) is 0 Å². The Hall–Kier alpha value is -2.83. The van der Waals surface area contributed by atoms with E-state index >= 15 is 0 Å². The number of carbonyl (C=O) groups excluding carboxylic acids is 1. The van der Waals surface area contributed by atoms with Crippen molar-refractivity contribution in [2.45, 2.75) is 120 Å². The van der Waals surface area contributed by atoms with Gasteiger partial charge in [-0.25, -0.2) is 0 Å². The summed E-state index contributed by atoms with van der Waals surface area (Å²) in [5.74, 6) is 3.37. The second-order valence-corrected chi connectivity index (χ2v) is 8.96. The molecule has 0 aromatic heterocycles. The Bertz CT molecular complexity index is 868. The van der Waals surface area contributed by atoms with Crippen LogP contribution in [0.5, 0.6) is 0 Å². The van der Waals surface area contributed by atoms with Gasteiger partial charge in [0, 0.05) is 32.0 Å². The van der Waals surface area contributed by atoms with Crippen molar-refractivity contribution in [2.24, 2.45) is 0 Å². The zero-order valence-corrected chi connectivity index (χ0v) is 29.0. The second-order valence-electron chi connectivity index (χ2n) is 8.96. The van der Waals surface area contributed by atoms with E-state index in [9.17, 15) is 0 Å². The molecule has 0 aliphatic heterocycles. The Morgan fingerprint density at radius 2 is 1.49 bits per heavy atom. The van der Waals surface area contributed by atoms with Gasteiger partial charge in [-0.15, -0.1) is 6.42 Å². The van der Waals surface area contributed by atoms with Crippen LogP contribution in [0.3, 0.4) is 0 Å². The number of anilines is 1. The van der Waals surface area contributed by atoms with Crippen LogP contribution in [0.1, 0.15) is 135 Å². The molecule has 0 radical (unpaired) electrons. The first kappa shape index (κ1) is 45.2. The molecular weight excluding hydrogens is 502 g/mol. The molecule has 0 saturated heterocycles. The van der Waals surface area contributed by atoms with Crippen LogP contribution in [0.25, 0.3) is 5.57 Å². The molecule has 2 aromatic carbocycles. The number of terminal acetylenes is 1. The first-order valence-electron chi connectivity index (χ1n) is 15.7. The average Bonchev–Trinajstić information content (AvgIpc) is 3.04. The number of rotatable bonds is 11. The minimum absolute atomic E-state index is 0.715. The highest BCUT2D eigenvalue weighted by Crippen LogP contribution is 2.26. The van der Waals surface area contributed by atoms with Crippen LogP contribution in [0.4, 0.5) is 5.69 Å². The minimum Gasteiger partial charge on any atom is -0.388 e. The van der Waals surface area contributed by atoms with Crippen LogP contribution in [0, 0.1) is 19.3 Å². The average molecular weight is 568 g/mol. The van der Waals surface area contributed by atoms with Gasteiger partial charge in [-0.2, -0.15) is 0 Å². The van der Waals surface area contributed by atoms with E-state index in [1.54, 1.807) is 7.11 Å². The van der Waals surface area contributed by atoms with E-state index in [-0.39, 0.29) is 0 Å². The molecule has 0 amide bonds. The zero-order chi connectivity index (χ0) is 32.5. The number of ether oxygens (including phenoxy) is 1. The molecule has 41 heavy (non-hydrogen) atoms. The van der Waals surface area contributed by atoms with Crippen LogP contribution in [-0.2, 0) is 9.53 Å². The largest absolute Gasteiger partial charge is 0.388 e. The number of hydrogen-bond acceptors (Lipinski definition) is 3. The molecule has 2 aromatic rings. The van der Waals surface area contributed by atoms with Crippen molar-refractivity contribution in [3.8, 4) is 12.3 Å². The van der Waals surface area contributed by atoms with Crippen LogP contribution in [0.15, 0.2) is 48.5 Å². The van der Waals surface area contributed by atoms with Crippen LogP contribution in [-0.4, -0.2) is 27.6 Å². The van der Waals surface area contributed by atoms with Crippen molar-refractivity contribution < 1.29 is 9.53 Å². The maximum atomic E-state index is 8.00. The van der Waals surface area contributed by atoms with Crippen molar-refractivity contribution in [1.82, 2.24) is 0 Å². The van der Waals surface area contributed by atoms with E-state index in [1.807, 2.05) is 53.7 Å². The van der Waals surface area contributed by atoms with Crippen molar-refractivity contribution in [1.29, 1.82) is 0 Å². The third kappa shape index (κ3) is 23.6. The highest BCUT2D eigenvalue weighted by atomic mass is 16.5. The second kappa shape index (κ2) is 35.2. The number of benzene rings is 2. The highest BCUT2D eigenvalue weighted by Gasteiger charge is 2.08. The number of carbonyl (C=O) groups is 1. The highest BCUT2D eigenvalue weighted by molar-refractivity contribution is 5.68. The molecule has 3 heteroatoms. The van der Waals surface area contributed by atoms with Crippen molar-refractivity contribution in [3.63, 3.8) is 0 Å². The Labute approximate surface area is 256 Å². The number of unbranched alkanes of at least 4 members (excludes halogenated alkanes) is 1. The van der Waals surface area contributed by atoms with E-state index in [2.05, 4.69) is 89.2 Å². The topological polar surface area (TPSA) is 38.3 Å². The van der Waals surface area contributed by atoms with E-state index in [4.69, 9.17) is 16.0 Å². The lowest BCUT2D eigenvalue weighted by Crippen LogP contribution is -1.98.